The summed E-state index contributed by atoms with van der Waals surface area (Å²) in [6, 6.07) is 5.46. The number of anilines is 1. The van der Waals surface area contributed by atoms with Crippen LogP contribution in [0.4, 0.5) is 5.69 Å². The number of sulfone groups is 1. The number of rotatable bonds is 3. The quantitative estimate of drug-likeness (QED) is 0.834. The van der Waals surface area contributed by atoms with Crippen molar-refractivity contribution in [2.75, 3.05) is 11.6 Å². The van der Waals surface area contributed by atoms with Gasteiger partial charge in [0.2, 0.25) is 11.8 Å². The fourth-order valence-corrected chi connectivity index (χ4v) is 2.51. The highest BCUT2D eigenvalue weighted by Crippen LogP contribution is 2.16. The van der Waals surface area contributed by atoms with Crippen LogP contribution in [0, 0.1) is 0 Å². The molecule has 1 aliphatic rings. The van der Waals surface area contributed by atoms with E-state index in [1.165, 1.54) is 12.1 Å². The van der Waals surface area contributed by atoms with E-state index in [4.69, 9.17) is 0 Å². The van der Waals surface area contributed by atoms with Gasteiger partial charge >= 0.3 is 0 Å². The highest BCUT2D eigenvalue weighted by atomic mass is 32.2. The summed E-state index contributed by atoms with van der Waals surface area (Å²) in [7, 11) is -3.31. The summed E-state index contributed by atoms with van der Waals surface area (Å²) in [4.78, 5) is 23.0. The van der Waals surface area contributed by atoms with Crippen molar-refractivity contribution in [3.63, 3.8) is 0 Å². The van der Waals surface area contributed by atoms with Crippen molar-refractivity contribution in [3.05, 3.63) is 24.3 Å². The molecule has 0 radical (unpaired) electrons. The fraction of sp³-hybridized carbons (Fsp3) is 0.333. The minimum Gasteiger partial charge on any atom is -0.344 e. The molecule has 6 nitrogen and oxygen atoms in total. The Labute approximate surface area is 111 Å². The van der Waals surface area contributed by atoms with Gasteiger partial charge in [0.05, 0.1) is 4.90 Å². The Bertz CT molecular complexity index is 624. The summed E-state index contributed by atoms with van der Waals surface area (Å²) >= 11 is 0. The molecule has 1 aromatic rings. The lowest BCUT2D eigenvalue weighted by Gasteiger charge is -2.11. The van der Waals surface area contributed by atoms with Gasteiger partial charge in [0.1, 0.15) is 6.04 Å². The number of nitrogens with one attached hydrogen (secondary N) is 2. The first-order valence-corrected chi connectivity index (χ1v) is 7.66. The molecule has 2 rings (SSSR count). The molecule has 0 aromatic heterocycles. The maximum atomic E-state index is 11.8. The molecule has 1 saturated heterocycles. The molecular formula is C12H14N2O4S. The van der Waals surface area contributed by atoms with E-state index < -0.39 is 15.9 Å². The average Bonchev–Trinajstić information content (AvgIpc) is 2.75. The number of amides is 2. The molecule has 0 aliphatic carbocycles. The van der Waals surface area contributed by atoms with Crippen LogP contribution in [0.2, 0.25) is 0 Å². The van der Waals surface area contributed by atoms with Crippen molar-refractivity contribution in [1.29, 1.82) is 0 Å². The smallest absolute Gasteiger partial charge is 0.246 e. The van der Waals surface area contributed by atoms with Gasteiger partial charge in [0.25, 0.3) is 0 Å². The van der Waals surface area contributed by atoms with Gasteiger partial charge in [-0.2, -0.15) is 0 Å². The normalized spacial score (nSPS) is 19.0. The van der Waals surface area contributed by atoms with Gasteiger partial charge in [-0.1, -0.05) is 6.07 Å². The molecule has 1 heterocycles. The van der Waals surface area contributed by atoms with Crippen molar-refractivity contribution in [1.82, 2.24) is 5.32 Å². The van der Waals surface area contributed by atoms with E-state index in [1.54, 1.807) is 12.1 Å². The van der Waals surface area contributed by atoms with Gasteiger partial charge in [-0.15, -0.1) is 0 Å². The third-order valence-electron chi connectivity index (χ3n) is 2.84. The maximum absolute atomic E-state index is 11.8. The molecule has 1 aromatic carbocycles. The Morgan fingerprint density at radius 3 is 2.74 bits per heavy atom. The fourth-order valence-electron chi connectivity index (χ4n) is 1.84. The zero-order valence-electron chi connectivity index (χ0n) is 10.3. The Balaban J connectivity index is 2.11. The number of carbonyl (C=O) groups excluding carboxylic acids is 2. The molecule has 1 unspecified atom stereocenters. The van der Waals surface area contributed by atoms with E-state index in [9.17, 15) is 18.0 Å². The van der Waals surface area contributed by atoms with Crippen molar-refractivity contribution < 1.29 is 18.0 Å². The molecule has 2 amide bonds. The maximum Gasteiger partial charge on any atom is 0.246 e. The van der Waals surface area contributed by atoms with E-state index in [0.29, 0.717) is 18.5 Å². The second kappa shape index (κ2) is 5.00. The summed E-state index contributed by atoms with van der Waals surface area (Å²) in [6.45, 7) is 0. The SMILES string of the molecule is CS(=O)(=O)c1cccc(NC(=O)C2CCC(=O)N2)c1. The van der Waals surface area contributed by atoms with Crippen LogP contribution < -0.4 is 10.6 Å². The van der Waals surface area contributed by atoms with Gasteiger partial charge in [-0.3, -0.25) is 9.59 Å². The van der Waals surface area contributed by atoms with Gasteiger partial charge in [0.15, 0.2) is 9.84 Å². The minimum absolute atomic E-state index is 0.140. The summed E-state index contributed by atoms with van der Waals surface area (Å²) in [5.74, 6) is -0.485. The zero-order chi connectivity index (χ0) is 14.0. The lowest BCUT2D eigenvalue weighted by Crippen LogP contribution is -2.37. The molecule has 102 valence electrons. The minimum atomic E-state index is -3.31. The number of carbonyl (C=O) groups is 2. The zero-order valence-corrected chi connectivity index (χ0v) is 11.2. The highest BCUT2D eigenvalue weighted by Gasteiger charge is 2.27. The van der Waals surface area contributed by atoms with E-state index in [0.717, 1.165) is 6.26 Å². The third-order valence-corrected chi connectivity index (χ3v) is 3.95. The molecule has 7 heteroatoms. The second-order valence-corrected chi connectivity index (χ2v) is 6.46. The Kier molecular flexibility index (Phi) is 3.57. The van der Waals surface area contributed by atoms with Crippen LogP contribution in [0.25, 0.3) is 0 Å². The Hall–Kier alpha value is -1.89. The van der Waals surface area contributed by atoms with Crippen molar-refractivity contribution in [2.45, 2.75) is 23.8 Å². The first kappa shape index (κ1) is 13.5. The summed E-state index contributed by atoms with van der Waals surface area (Å²) < 4.78 is 22.8. The number of hydrogen-bond donors (Lipinski definition) is 2. The molecule has 2 N–H and O–H groups in total. The number of benzene rings is 1. The van der Waals surface area contributed by atoms with Gasteiger partial charge in [0, 0.05) is 18.4 Å². The van der Waals surface area contributed by atoms with Crippen LogP contribution in [0.3, 0.4) is 0 Å². The Morgan fingerprint density at radius 2 is 2.16 bits per heavy atom. The lowest BCUT2D eigenvalue weighted by molar-refractivity contribution is -0.122. The largest absolute Gasteiger partial charge is 0.344 e. The van der Waals surface area contributed by atoms with Crippen LogP contribution in [0.1, 0.15) is 12.8 Å². The van der Waals surface area contributed by atoms with Crippen molar-refractivity contribution in [2.24, 2.45) is 0 Å². The highest BCUT2D eigenvalue weighted by molar-refractivity contribution is 7.90. The van der Waals surface area contributed by atoms with E-state index in [1.807, 2.05) is 0 Å². The molecule has 1 fully saturated rings. The molecule has 1 atom stereocenters. The van der Waals surface area contributed by atoms with E-state index in [-0.39, 0.29) is 16.7 Å². The third kappa shape index (κ3) is 3.31. The monoisotopic (exact) mass is 282 g/mol. The predicted octanol–water partition coefficient (Wildman–Crippen LogP) is 0.307. The van der Waals surface area contributed by atoms with Crippen molar-refractivity contribution in [3.8, 4) is 0 Å². The van der Waals surface area contributed by atoms with E-state index >= 15 is 0 Å². The predicted molar refractivity (Wildman–Crippen MR) is 69.3 cm³/mol. The molecule has 1 aliphatic heterocycles. The molecule has 19 heavy (non-hydrogen) atoms. The molecular weight excluding hydrogens is 268 g/mol. The summed E-state index contributed by atoms with van der Waals surface area (Å²) in [5.41, 5.74) is 0.397. The van der Waals surface area contributed by atoms with Crippen LogP contribution >= 0.6 is 0 Å². The topological polar surface area (TPSA) is 92.3 Å². The number of hydrogen-bond acceptors (Lipinski definition) is 4. The van der Waals surface area contributed by atoms with Gasteiger partial charge in [-0.25, -0.2) is 8.42 Å². The van der Waals surface area contributed by atoms with Crippen LogP contribution in [-0.2, 0) is 19.4 Å². The second-order valence-electron chi connectivity index (χ2n) is 4.45. The first-order chi connectivity index (χ1) is 8.86. The molecule has 0 saturated carbocycles. The average molecular weight is 282 g/mol. The van der Waals surface area contributed by atoms with Gasteiger partial charge in [-0.05, 0) is 24.6 Å². The van der Waals surface area contributed by atoms with Crippen LogP contribution in [-0.4, -0.2) is 32.5 Å². The van der Waals surface area contributed by atoms with Crippen LogP contribution in [0.15, 0.2) is 29.2 Å². The van der Waals surface area contributed by atoms with Gasteiger partial charge < -0.3 is 10.6 Å². The van der Waals surface area contributed by atoms with Crippen molar-refractivity contribution >= 4 is 27.3 Å². The summed E-state index contributed by atoms with van der Waals surface area (Å²) in [6.07, 6.45) is 1.89. The Morgan fingerprint density at radius 1 is 1.42 bits per heavy atom. The first-order valence-electron chi connectivity index (χ1n) is 5.76. The molecule has 0 bridgehead atoms. The lowest BCUT2D eigenvalue weighted by atomic mass is 10.2. The summed E-state index contributed by atoms with van der Waals surface area (Å²) in [5, 5.41) is 5.15. The molecule has 0 spiro atoms. The standard InChI is InChI=1S/C12H14N2O4S/c1-19(17,18)9-4-2-3-8(7-9)13-12(16)10-5-6-11(15)14-10/h2-4,7,10H,5-6H2,1H3,(H,13,16)(H,14,15). The van der Waals surface area contributed by atoms with E-state index in [2.05, 4.69) is 10.6 Å². The van der Waals surface area contributed by atoms with Crippen LogP contribution in [0.5, 0.6) is 0 Å².